The maximum absolute atomic E-state index is 11.9. The number of likely N-dealkylation sites (N-methyl/N-ethyl adjacent to an activating group) is 1. The molecule has 0 aliphatic heterocycles. The molecular weight excluding hydrogens is 449 g/mol. The summed E-state index contributed by atoms with van der Waals surface area (Å²) in [5, 5.41) is 9.19. The highest BCUT2D eigenvalue weighted by molar-refractivity contribution is 14.0. The standard InChI is InChI=1S/C17H33N5O3.HI/c1-6-18-15(20-10-9-19-14(23)13-7-8-13)21-11-12-22(5)16(24)25-17(2,3)4;/h13H,6-12H2,1-5H3,(H,19,23)(H2,18,20,21);1H. The second-order valence-corrected chi connectivity index (χ2v) is 7.15. The van der Waals surface area contributed by atoms with Gasteiger partial charge in [0.1, 0.15) is 5.60 Å². The third-order valence-electron chi connectivity index (χ3n) is 3.42. The maximum atomic E-state index is 11.9. The van der Waals surface area contributed by atoms with Crippen molar-refractivity contribution in [2.24, 2.45) is 10.9 Å². The molecule has 8 nitrogen and oxygen atoms in total. The number of aliphatic imine (C=N–C) groups is 1. The molecule has 0 bridgehead atoms. The van der Waals surface area contributed by atoms with E-state index in [1.165, 1.54) is 4.90 Å². The van der Waals surface area contributed by atoms with Gasteiger partial charge in [0, 0.05) is 39.1 Å². The maximum Gasteiger partial charge on any atom is 0.410 e. The lowest BCUT2D eigenvalue weighted by Gasteiger charge is -2.24. The molecule has 0 spiro atoms. The van der Waals surface area contributed by atoms with Crippen molar-refractivity contribution in [2.75, 3.05) is 39.8 Å². The van der Waals surface area contributed by atoms with E-state index >= 15 is 0 Å². The topological polar surface area (TPSA) is 95.1 Å². The van der Waals surface area contributed by atoms with Gasteiger partial charge in [0.05, 0.1) is 6.54 Å². The molecule has 1 fully saturated rings. The molecule has 0 atom stereocenters. The molecule has 0 aromatic heterocycles. The summed E-state index contributed by atoms with van der Waals surface area (Å²) >= 11 is 0. The largest absolute Gasteiger partial charge is 0.444 e. The number of hydrogen-bond acceptors (Lipinski definition) is 4. The van der Waals surface area contributed by atoms with Gasteiger partial charge in [-0.05, 0) is 40.5 Å². The van der Waals surface area contributed by atoms with Crippen LogP contribution in [-0.2, 0) is 9.53 Å². The molecule has 26 heavy (non-hydrogen) atoms. The minimum absolute atomic E-state index is 0. The molecule has 152 valence electrons. The van der Waals surface area contributed by atoms with Crippen LogP contribution in [0.2, 0.25) is 0 Å². The number of nitrogens with zero attached hydrogens (tertiary/aromatic N) is 2. The minimum Gasteiger partial charge on any atom is -0.444 e. The first-order valence-electron chi connectivity index (χ1n) is 8.97. The van der Waals surface area contributed by atoms with E-state index < -0.39 is 5.60 Å². The normalized spacial score (nSPS) is 14.1. The van der Waals surface area contributed by atoms with Gasteiger partial charge in [-0.2, -0.15) is 0 Å². The fourth-order valence-electron chi connectivity index (χ4n) is 1.95. The molecule has 0 radical (unpaired) electrons. The number of hydrogen-bond donors (Lipinski definition) is 3. The van der Waals surface area contributed by atoms with Gasteiger partial charge in [-0.15, -0.1) is 24.0 Å². The molecule has 1 saturated carbocycles. The summed E-state index contributed by atoms with van der Waals surface area (Å²) in [6.07, 6.45) is 1.66. The summed E-state index contributed by atoms with van der Waals surface area (Å²) in [4.78, 5) is 29.4. The Morgan fingerprint density at radius 2 is 1.81 bits per heavy atom. The molecule has 1 aliphatic rings. The van der Waals surface area contributed by atoms with E-state index in [2.05, 4.69) is 20.9 Å². The van der Waals surface area contributed by atoms with E-state index in [0.29, 0.717) is 32.1 Å². The van der Waals surface area contributed by atoms with E-state index in [0.717, 1.165) is 19.4 Å². The Morgan fingerprint density at radius 3 is 2.35 bits per heavy atom. The van der Waals surface area contributed by atoms with Gasteiger partial charge in [0.2, 0.25) is 5.91 Å². The van der Waals surface area contributed by atoms with Gasteiger partial charge < -0.3 is 25.6 Å². The first-order valence-corrected chi connectivity index (χ1v) is 8.97. The van der Waals surface area contributed by atoms with E-state index in [-0.39, 0.29) is 41.9 Å². The zero-order valence-electron chi connectivity index (χ0n) is 16.6. The SMILES string of the molecule is CCNC(=NCCNC(=O)C1CC1)NCCN(C)C(=O)OC(C)(C)C.I. The Hall–Kier alpha value is -1.26. The van der Waals surface area contributed by atoms with Crippen LogP contribution in [0.3, 0.4) is 0 Å². The highest BCUT2D eigenvalue weighted by Gasteiger charge is 2.28. The molecule has 0 saturated heterocycles. The average molecular weight is 483 g/mol. The van der Waals surface area contributed by atoms with Gasteiger partial charge >= 0.3 is 6.09 Å². The van der Waals surface area contributed by atoms with Crippen molar-refractivity contribution in [3.8, 4) is 0 Å². The zero-order chi connectivity index (χ0) is 18.9. The van der Waals surface area contributed by atoms with Crippen molar-refractivity contribution in [2.45, 2.75) is 46.1 Å². The molecule has 2 amide bonds. The summed E-state index contributed by atoms with van der Waals surface area (Å²) in [6, 6.07) is 0. The van der Waals surface area contributed by atoms with E-state index in [1.807, 2.05) is 27.7 Å². The molecular formula is C17H34IN5O3. The van der Waals surface area contributed by atoms with Gasteiger partial charge in [0.15, 0.2) is 5.96 Å². The fourth-order valence-corrected chi connectivity index (χ4v) is 1.95. The predicted octanol–water partition coefficient (Wildman–Crippen LogP) is 1.55. The highest BCUT2D eigenvalue weighted by atomic mass is 127. The average Bonchev–Trinajstić information content (AvgIpc) is 3.34. The van der Waals surface area contributed by atoms with Crippen LogP contribution in [0.1, 0.15) is 40.5 Å². The molecule has 1 rings (SSSR count). The van der Waals surface area contributed by atoms with Crippen LogP contribution < -0.4 is 16.0 Å². The number of guanidine groups is 1. The Balaban J connectivity index is 0.00000625. The summed E-state index contributed by atoms with van der Waals surface area (Å²) in [5.41, 5.74) is -0.500. The van der Waals surface area contributed by atoms with Crippen LogP contribution in [0.25, 0.3) is 0 Å². The molecule has 0 heterocycles. The number of halogens is 1. The Kier molecular flexibility index (Phi) is 11.6. The second kappa shape index (κ2) is 12.2. The fraction of sp³-hybridized carbons (Fsp3) is 0.824. The molecule has 0 unspecified atom stereocenters. The lowest BCUT2D eigenvalue weighted by molar-refractivity contribution is -0.122. The van der Waals surface area contributed by atoms with Crippen molar-refractivity contribution in [3.05, 3.63) is 0 Å². The molecule has 0 aromatic rings. The number of amides is 2. The molecule has 1 aliphatic carbocycles. The molecule has 0 aromatic carbocycles. The second-order valence-electron chi connectivity index (χ2n) is 7.15. The minimum atomic E-state index is -0.500. The first-order chi connectivity index (χ1) is 11.7. The van der Waals surface area contributed by atoms with E-state index in [9.17, 15) is 9.59 Å². The third-order valence-corrected chi connectivity index (χ3v) is 3.42. The third kappa shape index (κ3) is 11.4. The Bertz CT molecular complexity index is 476. The summed E-state index contributed by atoms with van der Waals surface area (Å²) < 4.78 is 5.30. The van der Waals surface area contributed by atoms with Crippen LogP contribution in [0.15, 0.2) is 4.99 Å². The summed E-state index contributed by atoms with van der Waals surface area (Å²) in [6.45, 7) is 10.3. The number of carbonyl (C=O) groups excluding carboxylic acids is 2. The van der Waals surface area contributed by atoms with E-state index in [4.69, 9.17) is 4.74 Å². The lowest BCUT2D eigenvalue weighted by atomic mass is 10.2. The van der Waals surface area contributed by atoms with Gasteiger partial charge in [-0.1, -0.05) is 0 Å². The quantitative estimate of drug-likeness (QED) is 0.211. The molecule has 3 N–H and O–H groups in total. The van der Waals surface area contributed by atoms with Crippen molar-refractivity contribution in [1.82, 2.24) is 20.9 Å². The summed E-state index contributed by atoms with van der Waals surface area (Å²) in [5.74, 6) is 1.02. The Labute approximate surface area is 173 Å². The van der Waals surface area contributed by atoms with Crippen molar-refractivity contribution >= 4 is 41.9 Å². The zero-order valence-corrected chi connectivity index (χ0v) is 18.9. The van der Waals surface area contributed by atoms with Crippen LogP contribution in [0, 0.1) is 5.92 Å². The van der Waals surface area contributed by atoms with Crippen LogP contribution in [0.4, 0.5) is 4.79 Å². The highest BCUT2D eigenvalue weighted by Crippen LogP contribution is 2.28. The summed E-state index contributed by atoms with van der Waals surface area (Å²) in [7, 11) is 1.70. The van der Waals surface area contributed by atoms with Crippen molar-refractivity contribution < 1.29 is 14.3 Å². The molecule has 9 heteroatoms. The smallest absolute Gasteiger partial charge is 0.410 e. The Morgan fingerprint density at radius 1 is 1.15 bits per heavy atom. The van der Waals surface area contributed by atoms with Crippen LogP contribution in [-0.4, -0.2) is 68.2 Å². The lowest BCUT2D eigenvalue weighted by Crippen LogP contribution is -2.43. The first kappa shape index (κ1) is 24.7. The number of rotatable bonds is 8. The van der Waals surface area contributed by atoms with E-state index in [1.54, 1.807) is 7.05 Å². The van der Waals surface area contributed by atoms with Crippen molar-refractivity contribution in [3.63, 3.8) is 0 Å². The monoisotopic (exact) mass is 483 g/mol. The number of nitrogens with one attached hydrogen (secondary N) is 3. The predicted molar refractivity (Wildman–Crippen MR) is 114 cm³/mol. The van der Waals surface area contributed by atoms with Crippen molar-refractivity contribution in [1.29, 1.82) is 0 Å². The van der Waals surface area contributed by atoms with Crippen LogP contribution >= 0.6 is 24.0 Å². The van der Waals surface area contributed by atoms with Gasteiger partial charge in [-0.25, -0.2) is 4.79 Å². The van der Waals surface area contributed by atoms with Gasteiger partial charge in [0.25, 0.3) is 0 Å². The number of ether oxygens (including phenoxy) is 1. The number of carbonyl (C=O) groups is 2. The van der Waals surface area contributed by atoms with Gasteiger partial charge in [-0.3, -0.25) is 9.79 Å². The van der Waals surface area contributed by atoms with Crippen LogP contribution in [0.5, 0.6) is 0 Å².